The van der Waals surface area contributed by atoms with Crippen LogP contribution in [0.15, 0.2) is 24.3 Å². The molecule has 1 aliphatic carbocycles. The summed E-state index contributed by atoms with van der Waals surface area (Å²) in [6.07, 6.45) is -1.58. The minimum absolute atomic E-state index is 0.0377. The zero-order valence-corrected chi connectivity index (χ0v) is 18.6. The summed E-state index contributed by atoms with van der Waals surface area (Å²) < 4.78 is 33.8. The van der Waals surface area contributed by atoms with Crippen LogP contribution in [0.2, 0.25) is 0 Å². The lowest BCUT2D eigenvalue weighted by atomic mass is 9.91. The van der Waals surface area contributed by atoms with E-state index in [1.807, 2.05) is 16.6 Å². The number of carbonyl (C=O) groups is 2. The highest BCUT2D eigenvalue weighted by Gasteiger charge is 2.38. The predicted molar refractivity (Wildman–Crippen MR) is 114 cm³/mol. The first kappa shape index (κ1) is 24.6. The third kappa shape index (κ3) is 6.25. The number of nitrogens with one attached hydrogen (secondary N) is 2. The quantitative estimate of drug-likeness (QED) is 0.628. The molecule has 2 aromatic rings. The van der Waals surface area contributed by atoms with Gasteiger partial charge >= 0.3 is 18.2 Å². The van der Waals surface area contributed by atoms with Crippen LogP contribution < -0.4 is 10.6 Å². The van der Waals surface area contributed by atoms with Crippen LogP contribution in [0, 0.1) is 6.92 Å². The summed E-state index contributed by atoms with van der Waals surface area (Å²) in [5, 5.41) is 18.3. The van der Waals surface area contributed by atoms with E-state index in [4.69, 9.17) is 9.90 Å². The van der Waals surface area contributed by atoms with E-state index in [0.29, 0.717) is 12.6 Å². The summed E-state index contributed by atoms with van der Waals surface area (Å²) in [4.78, 5) is 22.4. The van der Waals surface area contributed by atoms with Crippen molar-refractivity contribution in [3.63, 3.8) is 0 Å². The molecule has 8 nitrogen and oxygen atoms in total. The van der Waals surface area contributed by atoms with Gasteiger partial charge in [0.05, 0.1) is 5.69 Å². The molecule has 4 rings (SSSR count). The molecule has 2 aliphatic rings. The number of carboxylic acid groups (broad SMARTS) is 1. The van der Waals surface area contributed by atoms with Crippen molar-refractivity contribution in [1.29, 1.82) is 0 Å². The lowest BCUT2D eigenvalue weighted by molar-refractivity contribution is -0.192. The molecule has 0 spiro atoms. The molecule has 1 fully saturated rings. The summed E-state index contributed by atoms with van der Waals surface area (Å²) in [6.45, 7) is 5.18. The molecule has 1 saturated heterocycles. The standard InChI is InChI=1S/C20H27N5O.C2HF3O2/c1-14-19-17(4-3-5-18(19)24(2)23-14)22-12-15-6-8-16(9-7-15)13-25-11-10-21-20(25)26;3-2(4,5)1(6)7/h6-9,17,22H,3-5,10-13H2,1-2H3,(H,21,26);(H,6,7). The van der Waals surface area contributed by atoms with Crippen molar-refractivity contribution in [1.82, 2.24) is 25.3 Å². The maximum atomic E-state index is 11.7. The second kappa shape index (κ2) is 10.2. The summed E-state index contributed by atoms with van der Waals surface area (Å²) in [6, 6.07) is 9.01. The smallest absolute Gasteiger partial charge is 0.475 e. The van der Waals surface area contributed by atoms with Crippen LogP contribution in [-0.2, 0) is 31.4 Å². The van der Waals surface area contributed by atoms with Gasteiger partial charge in [-0.15, -0.1) is 0 Å². The highest BCUT2D eigenvalue weighted by Crippen LogP contribution is 2.32. The van der Waals surface area contributed by atoms with Crippen molar-refractivity contribution in [2.24, 2.45) is 7.05 Å². The SMILES string of the molecule is Cc1nn(C)c2c1C(NCc1ccc(CN3CCNC3=O)cc1)CCC2.O=C(O)C(F)(F)F. The van der Waals surface area contributed by atoms with Gasteiger partial charge in [-0.25, -0.2) is 9.59 Å². The van der Waals surface area contributed by atoms with E-state index in [0.717, 1.165) is 31.7 Å². The van der Waals surface area contributed by atoms with E-state index in [1.165, 1.54) is 35.2 Å². The Kier molecular flexibility index (Phi) is 7.62. The lowest BCUT2D eigenvalue weighted by Gasteiger charge is -2.25. The van der Waals surface area contributed by atoms with E-state index >= 15 is 0 Å². The van der Waals surface area contributed by atoms with Crippen LogP contribution >= 0.6 is 0 Å². The third-order valence-electron chi connectivity index (χ3n) is 5.78. The minimum Gasteiger partial charge on any atom is -0.475 e. The Labute approximate surface area is 189 Å². The monoisotopic (exact) mass is 467 g/mol. The first-order valence-corrected chi connectivity index (χ1v) is 10.7. The first-order chi connectivity index (χ1) is 15.6. The Morgan fingerprint density at radius 3 is 2.48 bits per heavy atom. The number of benzene rings is 1. The molecule has 1 aromatic heterocycles. The molecule has 33 heavy (non-hydrogen) atoms. The number of nitrogens with zero attached hydrogens (tertiary/aromatic N) is 3. The highest BCUT2D eigenvalue weighted by molar-refractivity contribution is 5.76. The molecule has 1 aliphatic heterocycles. The molecule has 2 amide bonds. The van der Waals surface area contributed by atoms with Gasteiger partial charge in [0.15, 0.2) is 0 Å². The molecule has 1 atom stereocenters. The van der Waals surface area contributed by atoms with Crippen LogP contribution in [-0.4, -0.2) is 51.1 Å². The predicted octanol–water partition coefficient (Wildman–Crippen LogP) is 3.05. The summed E-state index contributed by atoms with van der Waals surface area (Å²) >= 11 is 0. The van der Waals surface area contributed by atoms with Gasteiger partial charge in [-0.05, 0) is 37.3 Å². The van der Waals surface area contributed by atoms with Crippen LogP contribution in [0.25, 0.3) is 0 Å². The van der Waals surface area contributed by atoms with E-state index in [2.05, 4.69) is 46.9 Å². The topological polar surface area (TPSA) is 99.5 Å². The van der Waals surface area contributed by atoms with Crippen molar-refractivity contribution < 1.29 is 27.9 Å². The van der Waals surface area contributed by atoms with E-state index in [9.17, 15) is 18.0 Å². The lowest BCUT2D eigenvalue weighted by Crippen LogP contribution is -2.27. The van der Waals surface area contributed by atoms with E-state index in [-0.39, 0.29) is 6.03 Å². The zero-order chi connectivity index (χ0) is 24.2. The fourth-order valence-corrected chi connectivity index (χ4v) is 4.18. The Balaban J connectivity index is 0.000000383. The summed E-state index contributed by atoms with van der Waals surface area (Å²) in [5.74, 6) is -2.76. The molecule has 0 saturated carbocycles. The summed E-state index contributed by atoms with van der Waals surface area (Å²) in [7, 11) is 2.05. The number of aliphatic carboxylic acids is 1. The van der Waals surface area contributed by atoms with E-state index in [1.54, 1.807) is 0 Å². The molecule has 3 N–H and O–H groups in total. The van der Waals surface area contributed by atoms with Crippen LogP contribution in [0.4, 0.5) is 18.0 Å². The molecule has 11 heteroatoms. The number of hydrogen-bond acceptors (Lipinski definition) is 4. The number of carbonyl (C=O) groups excluding carboxylic acids is 1. The summed E-state index contributed by atoms with van der Waals surface area (Å²) in [5.41, 5.74) is 6.38. The Morgan fingerprint density at radius 2 is 1.91 bits per heavy atom. The van der Waals surface area contributed by atoms with Gasteiger partial charge in [0, 0.05) is 50.5 Å². The molecular weight excluding hydrogens is 439 g/mol. The molecule has 0 bridgehead atoms. The van der Waals surface area contributed by atoms with Gasteiger partial charge in [0.2, 0.25) is 0 Å². The van der Waals surface area contributed by atoms with Crippen molar-refractivity contribution in [2.75, 3.05) is 13.1 Å². The van der Waals surface area contributed by atoms with Gasteiger partial charge in [-0.1, -0.05) is 24.3 Å². The van der Waals surface area contributed by atoms with Gasteiger partial charge in [0.25, 0.3) is 0 Å². The number of carboxylic acids is 1. The largest absolute Gasteiger partial charge is 0.490 e. The van der Waals surface area contributed by atoms with Gasteiger partial charge in [-0.2, -0.15) is 18.3 Å². The number of fused-ring (bicyclic) bond motifs is 1. The van der Waals surface area contributed by atoms with E-state index < -0.39 is 12.1 Å². The number of aryl methyl sites for hydroxylation is 2. The van der Waals surface area contributed by atoms with Gasteiger partial charge in [-0.3, -0.25) is 4.68 Å². The number of alkyl halides is 3. The Morgan fingerprint density at radius 1 is 1.27 bits per heavy atom. The normalized spacial score (nSPS) is 17.8. The number of aromatic nitrogens is 2. The fourth-order valence-electron chi connectivity index (χ4n) is 4.18. The van der Waals surface area contributed by atoms with Crippen LogP contribution in [0.1, 0.15) is 47.0 Å². The minimum atomic E-state index is -5.08. The van der Waals surface area contributed by atoms with Crippen LogP contribution in [0.5, 0.6) is 0 Å². The number of amides is 2. The average Bonchev–Trinajstić information content (AvgIpc) is 3.29. The molecule has 2 heterocycles. The molecule has 1 unspecified atom stereocenters. The van der Waals surface area contributed by atoms with Crippen LogP contribution in [0.3, 0.4) is 0 Å². The zero-order valence-electron chi connectivity index (χ0n) is 18.6. The number of halogens is 3. The third-order valence-corrected chi connectivity index (χ3v) is 5.78. The maximum Gasteiger partial charge on any atom is 0.490 e. The number of hydrogen-bond donors (Lipinski definition) is 3. The van der Waals surface area contributed by atoms with Crippen molar-refractivity contribution >= 4 is 12.0 Å². The molecular formula is C22H28F3N5O3. The fraction of sp³-hybridized carbons (Fsp3) is 0.500. The maximum absolute atomic E-state index is 11.7. The second-order valence-electron chi connectivity index (χ2n) is 8.17. The molecule has 180 valence electrons. The first-order valence-electron chi connectivity index (χ1n) is 10.7. The number of urea groups is 1. The molecule has 0 radical (unpaired) electrons. The van der Waals surface area contributed by atoms with Crippen molar-refractivity contribution in [2.45, 2.75) is 51.5 Å². The van der Waals surface area contributed by atoms with Crippen molar-refractivity contribution in [3.8, 4) is 0 Å². The Bertz CT molecular complexity index is 988. The second-order valence-corrected chi connectivity index (χ2v) is 8.17. The molecule has 1 aromatic carbocycles. The Hall–Kier alpha value is -3.08. The highest BCUT2D eigenvalue weighted by atomic mass is 19.4. The van der Waals surface area contributed by atoms with Gasteiger partial charge in [0.1, 0.15) is 0 Å². The number of rotatable bonds is 5. The average molecular weight is 467 g/mol. The van der Waals surface area contributed by atoms with Gasteiger partial charge < -0.3 is 20.6 Å². The van der Waals surface area contributed by atoms with Crippen molar-refractivity contribution in [3.05, 3.63) is 52.3 Å².